The molecule has 0 aliphatic heterocycles. The topological polar surface area (TPSA) is 83.6 Å². The summed E-state index contributed by atoms with van der Waals surface area (Å²) in [6, 6.07) is 4.61. The van der Waals surface area contributed by atoms with Gasteiger partial charge in [0, 0.05) is 12.1 Å². The predicted molar refractivity (Wildman–Crippen MR) is 74.7 cm³/mol. The third kappa shape index (κ3) is 4.44. The SMILES string of the molecule is CC(C)CN(CC(=O)O)c1ccc(C(N)=O)cc1Cl. The van der Waals surface area contributed by atoms with Crippen molar-refractivity contribution in [3.63, 3.8) is 0 Å². The van der Waals surface area contributed by atoms with Gasteiger partial charge in [-0.05, 0) is 24.1 Å². The minimum absolute atomic E-state index is 0.145. The smallest absolute Gasteiger partial charge is 0.323 e. The molecular weight excluding hydrogens is 268 g/mol. The first-order chi connectivity index (χ1) is 8.81. The molecule has 1 aromatic rings. The maximum Gasteiger partial charge on any atom is 0.323 e. The lowest BCUT2D eigenvalue weighted by molar-refractivity contribution is -0.135. The van der Waals surface area contributed by atoms with Crippen LogP contribution in [0.5, 0.6) is 0 Å². The van der Waals surface area contributed by atoms with E-state index in [0.29, 0.717) is 22.8 Å². The van der Waals surface area contributed by atoms with Crippen LogP contribution in [0.2, 0.25) is 5.02 Å². The number of nitrogens with zero attached hydrogens (tertiary/aromatic N) is 1. The number of primary amides is 1. The molecule has 0 aliphatic rings. The number of carbonyl (C=O) groups excluding carboxylic acids is 1. The molecule has 5 nitrogen and oxygen atoms in total. The van der Waals surface area contributed by atoms with E-state index in [1.165, 1.54) is 6.07 Å². The molecule has 1 rings (SSSR count). The van der Waals surface area contributed by atoms with Crippen molar-refractivity contribution in [2.24, 2.45) is 11.7 Å². The van der Waals surface area contributed by atoms with Crippen LogP contribution in [0, 0.1) is 5.92 Å². The Kier molecular flexibility index (Phi) is 5.18. The summed E-state index contributed by atoms with van der Waals surface area (Å²) in [7, 11) is 0. The van der Waals surface area contributed by atoms with Gasteiger partial charge in [0.2, 0.25) is 5.91 Å². The van der Waals surface area contributed by atoms with E-state index >= 15 is 0 Å². The Balaban J connectivity index is 3.07. The normalized spacial score (nSPS) is 10.5. The van der Waals surface area contributed by atoms with Crippen LogP contribution < -0.4 is 10.6 Å². The predicted octanol–water partition coefficient (Wildman–Crippen LogP) is 1.99. The molecular formula is C13H17ClN2O3. The van der Waals surface area contributed by atoms with Crippen LogP contribution in [0.4, 0.5) is 5.69 Å². The molecule has 0 aromatic heterocycles. The van der Waals surface area contributed by atoms with Gasteiger partial charge >= 0.3 is 5.97 Å². The molecule has 0 spiro atoms. The Labute approximate surface area is 117 Å². The quantitative estimate of drug-likeness (QED) is 0.837. The monoisotopic (exact) mass is 284 g/mol. The van der Waals surface area contributed by atoms with Crippen LogP contribution in [-0.2, 0) is 4.79 Å². The molecule has 0 radical (unpaired) electrons. The summed E-state index contributed by atoms with van der Waals surface area (Å²) >= 11 is 6.09. The Morgan fingerprint density at radius 3 is 2.47 bits per heavy atom. The molecule has 0 fully saturated rings. The van der Waals surface area contributed by atoms with Gasteiger partial charge in [-0.25, -0.2) is 0 Å². The highest BCUT2D eigenvalue weighted by molar-refractivity contribution is 6.33. The molecule has 1 aromatic carbocycles. The summed E-state index contributed by atoms with van der Waals surface area (Å²) in [5.41, 5.74) is 6.05. The van der Waals surface area contributed by atoms with Gasteiger partial charge in [0.05, 0.1) is 10.7 Å². The number of aliphatic carboxylic acids is 1. The standard InChI is InChI=1S/C13H17ClN2O3/c1-8(2)6-16(7-12(17)18)11-4-3-9(13(15)19)5-10(11)14/h3-5,8H,6-7H2,1-2H3,(H2,15,19)(H,17,18). The zero-order valence-corrected chi connectivity index (χ0v) is 11.6. The molecule has 104 valence electrons. The number of carboxylic acid groups (broad SMARTS) is 1. The number of rotatable bonds is 6. The largest absolute Gasteiger partial charge is 0.480 e. The number of benzene rings is 1. The van der Waals surface area contributed by atoms with E-state index in [9.17, 15) is 9.59 Å². The third-order valence-corrected chi connectivity index (χ3v) is 2.79. The lowest BCUT2D eigenvalue weighted by Gasteiger charge is -2.26. The summed E-state index contributed by atoms with van der Waals surface area (Å²) in [4.78, 5) is 23.6. The number of anilines is 1. The Hall–Kier alpha value is -1.75. The van der Waals surface area contributed by atoms with Crippen LogP contribution in [0.15, 0.2) is 18.2 Å². The lowest BCUT2D eigenvalue weighted by atomic mass is 10.1. The van der Waals surface area contributed by atoms with Crippen molar-refractivity contribution in [2.45, 2.75) is 13.8 Å². The molecule has 19 heavy (non-hydrogen) atoms. The van der Waals surface area contributed by atoms with Crippen molar-refractivity contribution in [3.05, 3.63) is 28.8 Å². The van der Waals surface area contributed by atoms with Crippen LogP contribution in [0.1, 0.15) is 24.2 Å². The van der Waals surface area contributed by atoms with E-state index in [4.69, 9.17) is 22.4 Å². The number of hydrogen-bond acceptors (Lipinski definition) is 3. The van der Waals surface area contributed by atoms with Crippen LogP contribution in [0.3, 0.4) is 0 Å². The van der Waals surface area contributed by atoms with E-state index in [1.54, 1.807) is 17.0 Å². The zero-order valence-electron chi connectivity index (χ0n) is 10.9. The molecule has 0 saturated carbocycles. The fraction of sp³-hybridized carbons (Fsp3) is 0.385. The van der Waals surface area contributed by atoms with Crippen molar-refractivity contribution in [2.75, 3.05) is 18.0 Å². The first-order valence-electron chi connectivity index (χ1n) is 5.87. The van der Waals surface area contributed by atoms with Gasteiger partial charge in [-0.1, -0.05) is 25.4 Å². The number of hydrogen-bond donors (Lipinski definition) is 2. The molecule has 6 heteroatoms. The second-order valence-corrected chi connectivity index (χ2v) is 5.11. The summed E-state index contributed by atoms with van der Waals surface area (Å²) in [5.74, 6) is -1.22. The van der Waals surface area contributed by atoms with Crippen molar-refractivity contribution in [1.82, 2.24) is 0 Å². The van der Waals surface area contributed by atoms with Crippen LogP contribution >= 0.6 is 11.6 Å². The summed E-state index contributed by atoms with van der Waals surface area (Å²) in [6.07, 6.45) is 0. The van der Waals surface area contributed by atoms with Gasteiger partial charge in [-0.2, -0.15) is 0 Å². The second-order valence-electron chi connectivity index (χ2n) is 4.70. The third-order valence-electron chi connectivity index (χ3n) is 2.48. The Morgan fingerprint density at radius 1 is 1.42 bits per heavy atom. The van der Waals surface area contributed by atoms with E-state index < -0.39 is 11.9 Å². The molecule has 0 aliphatic carbocycles. The number of carboxylic acids is 1. The van der Waals surface area contributed by atoms with Gasteiger partial charge < -0.3 is 15.7 Å². The number of carbonyl (C=O) groups is 2. The highest BCUT2D eigenvalue weighted by Crippen LogP contribution is 2.27. The number of halogens is 1. The lowest BCUT2D eigenvalue weighted by Crippen LogP contribution is -2.33. The maximum atomic E-state index is 11.0. The average molecular weight is 285 g/mol. The van der Waals surface area contributed by atoms with E-state index in [0.717, 1.165) is 0 Å². The first kappa shape index (κ1) is 15.3. The average Bonchev–Trinajstić information content (AvgIpc) is 2.26. The minimum Gasteiger partial charge on any atom is -0.480 e. The van der Waals surface area contributed by atoms with Gasteiger partial charge in [0.15, 0.2) is 0 Å². The second kappa shape index (κ2) is 6.43. The van der Waals surface area contributed by atoms with Crippen LogP contribution in [-0.4, -0.2) is 30.1 Å². The maximum absolute atomic E-state index is 11.0. The van der Waals surface area contributed by atoms with E-state index in [1.807, 2.05) is 13.8 Å². The van der Waals surface area contributed by atoms with Crippen molar-refractivity contribution in [1.29, 1.82) is 0 Å². The number of amides is 1. The Morgan fingerprint density at radius 2 is 2.05 bits per heavy atom. The number of nitrogens with two attached hydrogens (primary N) is 1. The van der Waals surface area contributed by atoms with Crippen molar-refractivity contribution < 1.29 is 14.7 Å². The van der Waals surface area contributed by atoms with E-state index in [2.05, 4.69) is 0 Å². The fourth-order valence-electron chi connectivity index (χ4n) is 1.77. The summed E-state index contributed by atoms with van der Waals surface area (Å²) in [6.45, 7) is 4.39. The highest BCUT2D eigenvalue weighted by atomic mass is 35.5. The highest BCUT2D eigenvalue weighted by Gasteiger charge is 2.16. The van der Waals surface area contributed by atoms with E-state index in [-0.39, 0.29) is 12.5 Å². The van der Waals surface area contributed by atoms with Gasteiger partial charge in [0.1, 0.15) is 6.54 Å². The Bertz CT molecular complexity index is 489. The summed E-state index contributed by atoms with van der Waals surface area (Å²) < 4.78 is 0. The zero-order chi connectivity index (χ0) is 14.6. The fourth-order valence-corrected chi connectivity index (χ4v) is 2.07. The van der Waals surface area contributed by atoms with Crippen molar-refractivity contribution in [3.8, 4) is 0 Å². The molecule has 0 saturated heterocycles. The molecule has 0 heterocycles. The molecule has 1 amide bonds. The molecule has 0 unspecified atom stereocenters. The van der Waals surface area contributed by atoms with Gasteiger partial charge in [0.25, 0.3) is 0 Å². The summed E-state index contributed by atoms with van der Waals surface area (Å²) in [5, 5.41) is 9.25. The van der Waals surface area contributed by atoms with Gasteiger partial charge in [-0.15, -0.1) is 0 Å². The molecule has 0 atom stereocenters. The first-order valence-corrected chi connectivity index (χ1v) is 6.25. The minimum atomic E-state index is -0.935. The molecule has 0 bridgehead atoms. The van der Waals surface area contributed by atoms with Crippen LogP contribution in [0.25, 0.3) is 0 Å². The van der Waals surface area contributed by atoms with Gasteiger partial charge in [-0.3, -0.25) is 9.59 Å². The molecule has 3 N–H and O–H groups in total. The van der Waals surface area contributed by atoms with Crippen molar-refractivity contribution >= 4 is 29.2 Å².